The van der Waals surface area contributed by atoms with Gasteiger partial charge in [0.2, 0.25) is 5.95 Å². The van der Waals surface area contributed by atoms with Gasteiger partial charge in [0.15, 0.2) is 0 Å². The third kappa shape index (κ3) is 4.35. The minimum Gasteiger partial charge on any atom is -0.329 e. The lowest BCUT2D eigenvalue weighted by Gasteiger charge is -2.23. The molecule has 1 aliphatic carbocycles. The molecule has 1 aliphatic rings. The Morgan fingerprint density at radius 3 is 2.41 bits per heavy atom. The van der Waals surface area contributed by atoms with E-state index < -0.39 is 0 Å². The van der Waals surface area contributed by atoms with Crippen molar-refractivity contribution in [1.29, 1.82) is 0 Å². The maximum Gasteiger partial charge on any atom is 0.229 e. The van der Waals surface area contributed by atoms with E-state index in [9.17, 15) is 0 Å². The fourth-order valence-electron chi connectivity index (χ4n) is 4.63. The number of nitrogens with zero attached hydrogens (tertiary/aromatic N) is 3. The largest absolute Gasteiger partial charge is 0.329 e. The van der Waals surface area contributed by atoms with Gasteiger partial charge in [0.25, 0.3) is 0 Å². The van der Waals surface area contributed by atoms with Crippen LogP contribution in [0.3, 0.4) is 0 Å². The zero-order chi connectivity index (χ0) is 22.1. The van der Waals surface area contributed by atoms with Crippen molar-refractivity contribution < 1.29 is 0 Å². The Bertz CT molecular complexity index is 1220. The van der Waals surface area contributed by atoms with Crippen LogP contribution in [0.5, 0.6) is 0 Å². The van der Waals surface area contributed by atoms with Gasteiger partial charge < -0.3 is 9.88 Å². The number of anilines is 2. The number of aryl methyl sites for hydroxylation is 1. The first-order valence-corrected chi connectivity index (χ1v) is 12.1. The number of hydrogen-bond donors (Lipinski definition) is 1. The molecule has 1 N–H and O–H groups in total. The number of aromatic nitrogens is 3. The third-order valence-corrected chi connectivity index (χ3v) is 6.77. The zero-order valence-electron chi connectivity index (χ0n) is 18.1. The summed E-state index contributed by atoms with van der Waals surface area (Å²) in [6, 6.07) is 14.7. The van der Waals surface area contributed by atoms with Crippen molar-refractivity contribution in [1.82, 2.24) is 14.5 Å². The first-order chi connectivity index (χ1) is 15.6. The van der Waals surface area contributed by atoms with Crippen LogP contribution in [0.15, 0.2) is 54.9 Å². The maximum atomic E-state index is 6.16. The van der Waals surface area contributed by atoms with E-state index in [2.05, 4.69) is 52.3 Å². The molecule has 0 atom stereocenters. The molecule has 0 unspecified atom stereocenters. The number of rotatable bonds is 5. The van der Waals surface area contributed by atoms with Crippen molar-refractivity contribution in [3.63, 3.8) is 0 Å². The highest BCUT2D eigenvalue weighted by molar-refractivity contribution is 6.35. The molecule has 0 spiro atoms. The molecule has 2 aromatic carbocycles. The van der Waals surface area contributed by atoms with Gasteiger partial charge in [-0.25, -0.2) is 4.98 Å². The predicted molar refractivity (Wildman–Crippen MR) is 134 cm³/mol. The Morgan fingerprint density at radius 2 is 1.72 bits per heavy atom. The second-order valence-corrected chi connectivity index (χ2v) is 9.38. The van der Waals surface area contributed by atoms with Crippen LogP contribution < -0.4 is 5.32 Å². The van der Waals surface area contributed by atoms with Crippen molar-refractivity contribution in [2.75, 3.05) is 5.32 Å². The fraction of sp³-hybridized carbons (Fsp3) is 0.308. The van der Waals surface area contributed by atoms with Crippen LogP contribution in [0.1, 0.15) is 50.6 Å². The quantitative estimate of drug-likeness (QED) is 0.323. The van der Waals surface area contributed by atoms with Crippen LogP contribution in [0.2, 0.25) is 10.0 Å². The van der Waals surface area contributed by atoms with Crippen LogP contribution in [0.25, 0.3) is 22.2 Å². The SMILES string of the molecule is CCc1ccc(-c2cn(C3CCCCC3)c3nc(Nc4cc(Cl)cc(Cl)c4)ncc23)cc1. The lowest BCUT2D eigenvalue weighted by molar-refractivity contribution is 0.360. The van der Waals surface area contributed by atoms with Gasteiger partial charge >= 0.3 is 0 Å². The summed E-state index contributed by atoms with van der Waals surface area (Å²) in [7, 11) is 0. The molecule has 0 aliphatic heterocycles. The molecule has 0 bridgehead atoms. The van der Waals surface area contributed by atoms with Gasteiger partial charge in [-0.2, -0.15) is 4.98 Å². The van der Waals surface area contributed by atoms with Gasteiger partial charge in [0, 0.05) is 45.1 Å². The Hall–Kier alpha value is -2.56. The standard InChI is InChI=1S/C26H26Cl2N4/c1-2-17-8-10-18(11-9-17)24-16-32(22-6-4-3-5-7-22)25-23(24)15-29-26(31-25)30-21-13-19(27)12-20(28)14-21/h8-16,22H,2-7H2,1H3,(H,29,30,31). The second kappa shape index (κ2) is 9.13. The summed E-state index contributed by atoms with van der Waals surface area (Å²) < 4.78 is 2.37. The Morgan fingerprint density at radius 1 is 1.00 bits per heavy atom. The van der Waals surface area contributed by atoms with E-state index in [1.807, 2.05) is 18.3 Å². The normalized spacial score (nSPS) is 14.7. The van der Waals surface area contributed by atoms with Gasteiger partial charge in [-0.15, -0.1) is 0 Å². The summed E-state index contributed by atoms with van der Waals surface area (Å²) in [6.45, 7) is 2.18. The van der Waals surface area contributed by atoms with E-state index in [4.69, 9.17) is 28.2 Å². The molecule has 0 amide bonds. The number of halogens is 2. The molecule has 2 heterocycles. The van der Waals surface area contributed by atoms with Crippen LogP contribution in [-0.4, -0.2) is 14.5 Å². The van der Waals surface area contributed by atoms with Gasteiger partial charge in [0.1, 0.15) is 5.65 Å². The summed E-state index contributed by atoms with van der Waals surface area (Å²) in [5.41, 5.74) is 5.47. The van der Waals surface area contributed by atoms with Crippen molar-refractivity contribution >= 4 is 45.9 Å². The average Bonchev–Trinajstić information content (AvgIpc) is 3.18. The fourth-order valence-corrected chi connectivity index (χ4v) is 5.16. The van der Waals surface area contributed by atoms with Crippen LogP contribution in [0.4, 0.5) is 11.6 Å². The van der Waals surface area contributed by atoms with E-state index in [1.165, 1.54) is 48.8 Å². The van der Waals surface area contributed by atoms with Crippen molar-refractivity contribution in [3.8, 4) is 11.1 Å². The molecule has 2 aromatic heterocycles. The zero-order valence-corrected chi connectivity index (χ0v) is 19.6. The van der Waals surface area contributed by atoms with Crippen LogP contribution in [-0.2, 0) is 6.42 Å². The van der Waals surface area contributed by atoms with Gasteiger partial charge in [-0.1, -0.05) is 73.7 Å². The lowest BCUT2D eigenvalue weighted by Crippen LogP contribution is -2.12. The van der Waals surface area contributed by atoms with Crippen molar-refractivity contribution in [3.05, 3.63) is 70.5 Å². The second-order valence-electron chi connectivity index (χ2n) is 8.51. The molecular weight excluding hydrogens is 439 g/mol. The molecular formula is C26H26Cl2N4. The number of nitrogens with one attached hydrogen (secondary N) is 1. The Labute approximate surface area is 198 Å². The Kier molecular flexibility index (Phi) is 6.07. The monoisotopic (exact) mass is 464 g/mol. The molecule has 6 heteroatoms. The summed E-state index contributed by atoms with van der Waals surface area (Å²) in [5.74, 6) is 0.541. The number of fused-ring (bicyclic) bond motifs is 1. The summed E-state index contributed by atoms with van der Waals surface area (Å²) in [4.78, 5) is 9.56. The maximum absolute atomic E-state index is 6.16. The van der Waals surface area contributed by atoms with Crippen molar-refractivity contribution in [2.24, 2.45) is 0 Å². The van der Waals surface area contributed by atoms with E-state index in [0.29, 0.717) is 22.0 Å². The van der Waals surface area contributed by atoms with E-state index >= 15 is 0 Å². The van der Waals surface area contributed by atoms with Gasteiger partial charge in [0.05, 0.1) is 0 Å². The van der Waals surface area contributed by atoms with Crippen LogP contribution >= 0.6 is 23.2 Å². The highest BCUT2D eigenvalue weighted by atomic mass is 35.5. The summed E-state index contributed by atoms with van der Waals surface area (Å²) in [5, 5.41) is 5.49. The molecule has 4 aromatic rings. The van der Waals surface area contributed by atoms with Gasteiger partial charge in [-0.3, -0.25) is 0 Å². The molecule has 164 valence electrons. The Balaban J connectivity index is 1.59. The topological polar surface area (TPSA) is 42.7 Å². The smallest absolute Gasteiger partial charge is 0.229 e. The number of benzene rings is 2. The lowest BCUT2D eigenvalue weighted by atomic mass is 9.95. The molecule has 0 saturated heterocycles. The van der Waals surface area contributed by atoms with Crippen LogP contribution in [0, 0.1) is 0 Å². The highest BCUT2D eigenvalue weighted by Gasteiger charge is 2.21. The molecule has 0 radical (unpaired) electrons. The molecule has 1 saturated carbocycles. The van der Waals surface area contributed by atoms with Gasteiger partial charge in [-0.05, 0) is 48.6 Å². The van der Waals surface area contributed by atoms with E-state index in [-0.39, 0.29) is 0 Å². The minimum atomic E-state index is 0.471. The first kappa shape index (κ1) is 21.3. The molecule has 5 rings (SSSR count). The highest BCUT2D eigenvalue weighted by Crippen LogP contribution is 2.37. The summed E-state index contributed by atoms with van der Waals surface area (Å²) in [6.07, 6.45) is 11.5. The predicted octanol–water partition coefficient (Wildman–Crippen LogP) is 8.22. The van der Waals surface area contributed by atoms with E-state index in [0.717, 1.165) is 23.1 Å². The average molecular weight is 465 g/mol. The van der Waals surface area contributed by atoms with E-state index in [1.54, 1.807) is 6.07 Å². The first-order valence-electron chi connectivity index (χ1n) is 11.3. The summed E-state index contributed by atoms with van der Waals surface area (Å²) >= 11 is 12.3. The third-order valence-electron chi connectivity index (χ3n) is 6.33. The molecule has 32 heavy (non-hydrogen) atoms. The minimum absolute atomic E-state index is 0.471. The number of hydrogen-bond acceptors (Lipinski definition) is 3. The van der Waals surface area contributed by atoms with Crippen molar-refractivity contribution in [2.45, 2.75) is 51.5 Å². The molecule has 1 fully saturated rings. The molecule has 4 nitrogen and oxygen atoms in total.